The highest BCUT2D eigenvalue weighted by atomic mass is 32.2. The first-order chi connectivity index (χ1) is 11.3. The fraction of sp³-hybridized carbons (Fsp3) is 0.188. The van der Waals surface area contributed by atoms with Gasteiger partial charge in [0, 0.05) is 17.7 Å². The third-order valence-electron chi connectivity index (χ3n) is 3.75. The number of aromatic nitrogens is 1. The number of oxazole rings is 1. The summed E-state index contributed by atoms with van der Waals surface area (Å²) in [4.78, 5) is 4.21. The number of fused-ring (bicyclic) bond motifs is 2. The van der Waals surface area contributed by atoms with E-state index in [1.165, 1.54) is 12.1 Å². The molecule has 2 aromatic carbocycles. The molecule has 7 nitrogen and oxygen atoms in total. The molecule has 1 unspecified atom stereocenters. The summed E-state index contributed by atoms with van der Waals surface area (Å²) in [6, 6.07) is 8.02. The van der Waals surface area contributed by atoms with E-state index < -0.39 is 10.1 Å². The number of ether oxygens (including phenoxy) is 1. The normalized spacial score (nSPS) is 16.7. The Labute approximate surface area is 138 Å². The van der Waals surface area contributed by atoms with Crippen LogP contribution in [-0.4, -0.2) is 24.2 Å². The summed E-state index contributed by atoms with van der Waals surface area (Å²) in [5.41, 5.74) is 3.13. The molecule has 1 aliphatic rings. The SMILES string of the molecule is Cc1cc(-c2nc3cc4c(cc3o2)NC(C)O4)cc(S(=O)(=O)O)c1. The number of nitrogens with one attached hydrogen (secondary N) is 1. The van der Waals surface area contributed by atoms with E-state index in [1.54, 1.807) is 25.1 Å². The molecule has 1 aliphatic heterocycles. The predicted molar refractivity (Wildman–Crippen MR) is 87.7 cm³/mol. The first-order valence-corrected chi connectivity index (χ1v) is 8.71. The molecule has 4 rings (SSSR count). The Morgan fingerprint density at radius 1 is 1.21 bits per heavy atom. The van der Waals surface area contributed by atoms with Gasteiger partial charge in [0.1, 0.15) is 11.3 Å². The Kier molecular flexibility index (Phi) is 3.09. The van der Waals surface area contributed by atoms with Crippen LogP contribution in [0.2, 0.25) is 0 Å². The van der Waals surface area contributed by atoms with Gasteiger partial charge in [-0.25, -0.2) is 4.98 Å². The minimum Gasteiger partial charge on any atom is -0.469 e. The molecule has 0 radical (unpaired) electrons. The van der Waals surface area contributed by atoms with Crippen molar-refractivity contribution in [3.05, 3.63) is 35.9 Å². The molecule has 0 saturated heterocycles. The van der Waals surface area contributed by atoms with Crippen molar-refractivity contribution < 1.29 is 22.1 Å². The average Bonchev–Trinajstić information content (AvgIpc) is 3.04. The number of aryl methyl sites for hydroxylation is 1. The van der Waals surface area contributed by atoms with Crippen molar-refractivity contribution in [1.29, 1.82) is 0 Å². The number of rotatable bonds is 2. The van der Waals surface area contributed by atoms with Gasteiger partial charge in [-0.2, -0.15) is 8.42 Å². The second kappa shape index (κ2) is 4.96. The largest absolute Gasteiger partial charge is 0.469 e. The van der Waals surface area contributed by atoms with Crippen LogP contribution in [0.3, 0.4) is 0 Å². The van der Waals surface area contributed by atoms with Gasteiger partial charge in [-0.1, -0.05) is 0 Å². The molecule has 1 atom stereocenters. The molecule has 1 aromatic heterocycles. The lowest BCUT2D eigenvalue weighted by Crippen LogP contribution is -2.13. The molecule has 24 heavy (non-hydrogen) atoms. The lowest BCUT2D eigenvalue weighted by molar-refractivity contribution is 0.275. The van der Waals surface area contributed by atoms with Crippen LogP contribution in [0.4, 0.5) is 5.69 Å². The summed E-state index contributed by atoms with van der Waals surface area (Å²) in [5.74, 6) is 0.966. The fourth-order valence-electron chi connectivity index (χ4n) is 2.75. The molecule has 8 heteroatoms. The molecule has 124 valence electrons. The standard InChI is InChI=1S/C16H14N2O5S/c1-8-3-10(5-11(4-8)24(19,20)21)16-18-13-7-14-12(6-15(13)23-16)17-9(2)22-14/h3-7,9,17H,1-2H3,(H,19,20,21). The van der Waals surface area contributed by atoms with Crippen LogP contribution in [0.5, 0.6) is 5.75 Å². The maximum Gasteiger partial charge on any atom is 0.294 e. The fourth-order valence-corrected chi connectivity index (χ4v) is 3.36. The summed E-state index contributed by atoms with van der Waals surface area (Å²) in [6.45, 7) is 3.62. The van der Waals surface area contributed by atoms with E-state index in [0.29, 0.717) is 28.0 Å². The van der Waals surface area contributed by atoms with Gasteiger partial charge in [-0.3, -0.25) is 4.55 Å². The van der Waals surface area contributed by atoms with Gasteiger partial charge in [-0.05, 0) is 37.6 Å². The smallest absolute Gasteiger partial charge is 0.294 e. The predicted octanol–water partition coefficient (Wildman–Crippen LogP) is 3.20. The highest BCUT2D eigenvalue weighted by Crippen LogP contribution is 2.37. The number of benzene rings is 2. The molecule has 2 heterocycles. The lowest BCUT2D eigenvalue weighted by atomic mass is 10.1. The minimum absolute atomic E-state index is 0.111. The Morgan fingerprint density at radius 3 is 2.75 bits per heavy atom. The lowest BCUT2D eigenvalue weighted by Gasteiger charge is -2.02. The second-order valence-corrected chi connectivity index (χ2v) is 7.17. The van der Waals surface area contributed by atoms with Crippen LogP contribution in [-0.2, 0) is 10.1 Å². The molecule has 0 aliphatic carbocycles. The first kappa shape index (κ1) is 15.0. The van der Waals surface area contributed by atoms with Gasteiger partial charge in [0.25, 0.3) is 10.1 Å². The molecule has 0 fully saturated rings. The molecule has 0 spiro atoms. The Bertz CT molecular complexity index is 1030. The maximum atomic E-state index is 11.4. The molecule has 0 amide bonds. The Morgan fingerprint density at radius 2 is 2.00 bits per heavy atom. The van der Waals surface area contributed by atoms with Gasteiger partial charge in [-0.15, -0.1) is 0 Å². The number of anilines is 1. The van der Waals surface area contributed by atoms with E-state index in [9.17, 15) is 13.0 Å². The second-order valence-electron chi connectivity index (χ2n) is 5.75. The Balaban J connectivity index is 1.85. The van der Waals surface area contributed by atoms with E-state index in [1.807, 2.05) is 6.92 Å². The summed E-state index contributed by atoms with van der Waals surface area (Å²) < 4.78 is 43.4. The van der Waals surface area contributed by atoms with E-state index in [0.717, 1.165) is 5.69 Å². The van der Waals surface area contributed by atoms with Crippen LogP contribution < -0.4 is 10.1 Å². The summed E-state index contributed by atoms with van der Waals surface area (Å²) in [7, 11) is -4.30. The summed E-state index contributed by atoms with van der Waals surface area (Å²) >= 11 is 0. The quantitative estimate of drug-likeness (QED) is 0.687. The first-order valence-electron chi connectivity index (χ1n) is 7.27. The zero-order chi connectivity index (χ0) is 17.1. The van der Waals surface area contributed by atoms with Crippen LogP contribution in [0.25, 0.3) is 22.6 Å². The molecular formula is C16H14N2O5S. The highest BCUT2D eigenvalue weighted by Gasteiger charge is 2.21. The number of hydrogen-bond acceptors (Lipinski definition) is 6. The van der Waals surface area contributed by atoms with Crippen molar-refractivity contribution >= 4 is 26.9 Å². The molecule has 2 N–H and O–H groups in total. The zero-order valence-electron chi connectivity index (χ0n) is 12.9. The van der Waals surface area contributed by atoms with E-state index in [4.69, 9.17) is 9.15 Å². The molecule has 0 saturated carbocycles. The van der Waals surface area contributed by atoms with Gasteiger partial charge in [0.05, 0.1) is 10.6 Å². The van der Waals surface area contributed by atoms with Crippen LogP contribution in [0, 0.1) is 6.92 Å². The number of nitrogens with zero attached hydrogens (tertiary/aromatic N) is 1. The van der Waals surface area contributed by atoms with E-state index in [2.05, 4.69) is 10.3 Å². The molecule has 0 bridgehead atoms. The average molecular weight is 346 g/mol. The minimum atomic E-state index is -4.30. The van der Waals surface area contributed by atoms with E-state index >= 15 is 0 Å². The maximum absolute atomic E-state index is 11.4. The third kappa shape index (κ3) is 2.49. The van der Waals surface area contributed by atoms with Crippen LogP contribution in [0.15, 0.2) is 39.6 Å². The molecule has 3 aromatic rings. The topological polar surface area (TPSA) is 102 Å². The van der Waals surface area contributed by atoms with Gasteiger partial charge < -0.3 is 14.5 Å². The van der Waals surface area contributed by atoms with Crippen LogP contribution >= 0.6 is 0 Å². The van der Waals surface area contributed by atoms with Gasteiger partial charge in [0.15, 0.2) is 11.8 Å². The van der Waals surface area contributed by atoms with Crippen molar-refractivity contribution in [3.8, 4) is 17.2 Å². The van der Waals surface area contributed by atoms with Crippen molar-refractivity contribution in [2.45, 2.75) is 25.0 Å². The van der Waals surface area contributed by atoms with Crippen molar-refractivity contribution in [2.75, 3.05) is 5.32 Å². The zero-order valence-corrected chi connectivity index (χ0v) is 13.7. The number of hydrogen-bond donors (Lipinski definition) is 2. The Hall–Kier alpha value is -2.58. The van der Waals surface area contributed by atoms with Crippen LogP contribution in [0.1, 0.15) is 12.5 Å². The highest BCUT2D eigenvalue weighted by molar-refractivity contribution is 7.85. The van der Waals surface area contributed by atoms with Crippen molar-refractivity contribution in [1.82, 2.24) is 4.98 Å². The van der Waals surface area contributed by atoms with Gasteiger partial charge >= 0.3 is 0 Å². The summed E-state index contributed by atoms with van der Waals surface area (Å²) in [5, 5.41) is 3.15. The van der Waals surface area contributed by atoms with E-state index in [-0.39, 0.29) is 17.0 Å². The summed E-state index contributed by atoms with van der Waals surface area (Å²) in [6.07, 6.45) is -0.111. The van der Waals surface area contributed by atoms with Gasteiger partial charge in [0.2, 0.25) is 5.89 Å². The monoisotopic (exact) mass is 346 g/mol. The molecular weight excluding hydrogens is 332 g/mol. The van der Waals surface area contributed by atoms with Crippen molar-refractivity contribution in [2.24, 2.45) is 0 Å². The third-order valence-corrected chi connectivity index (χ3v) is 4.58. The van der Waals surface area contributed by atoms with Crippen molar-refractivity contribution in [3.63, 3.8) is 0 Å².